The number of aryl methyl sites for hydroxylation is 1. The molecular weight excluding hydrogens is 358 g/mol. The number of carbonyl (C=O) groups is 1. The van der Waals surface area contributed by atoms with E-state index in [4.69, 9.17) is 0 Å². The van der Waals surface area contributed by atoms with E-state index in [1.807, 2.05) is 25.1 Å². The number of piperazine rings is 1. The maximum Gasteiger partial charge on any atom is 0.209 e. The van der Waals surface area contributed by atoms with Gasteiger partial charge in [-0.25, -0.2) is 9.97 Å². The molecule has 0 saturated carbocycles. The second-order valence-corrected chi connectivity index (χ2v) is 6.39. The quantitative estimate of drug-likeness (QED) is 0.832. The van der Waals surface area contributed by atoms with Gasteiger partial charge in [0.1, 0.15) is 18.0 Å². The van der Waals surface area contributed by atoms with Crippen molar-refractivity contribution in [3.63, 3.8) is 0 Å². The Kier molecular flexibility index (Phi) is 4.76. The zero-order valence-corrected chi connectivity index (χ0v) is 14.5. The van der Waals surface area contributed by atoms with Crippen molar-refractivity contribution in [2.45, 2.75) is 6.92 Å². The van der Waals surface area contributed by atoms with Crippen LogP contribution in [0.3, 0.4) is 0 Å². The first-order chi connectivity index (χ1) is 11.2. The molecule has 7 heteroatoms. The highest BCUT2D eigenvalue weighted by Gasteiger charge is 2.17. The number of nitrogens with zero attached hydrogens (tertiary/aromatic N) is 4. The normalized spacial score (nSPS) is 14.7. The first-order valence-electron chi connectivity index (χ1n) is 7.45. The zero-order chi connectivity index (χ0) is 16.2. The van der Waals surface area contributed by atoms with Crippen LogP contribution in [0.1, 0.15) is 5.56 Å². The molecule has 6 nitrogen and oxygen atoms in total. The van der Waals surface area contributed by atoms with Gasteiger partial charge in [0.15, 0.2) is 0 Å². The van der Waals surface area contributed by atoms with Gasteiger partial charge in [-0.3, -0.25) is 4.79 Å². The van der Waals surface area contributed by atoms with Crippen LogP contribution in [0.15, 0.2) is 35.1 Å². The molecule has 0 spiro atoms. The molecule has 1 amide bonds. The molecule has 0 bridgehead atoms. The lowest BCUT2D eigenvalue weighted by Crippen LogP contribution is -2.46. The Hall–Kier alpha value is -2.15. The number of aromatic nitrogens is 2. The average molecular weight is 376 g/mol. The van der Waals surface area contributed by atoms with Gasteiger partial charge < -0.3 is 15.1 Å². The van der Waals surface area contributed by atoms with Crippen LogP contribution in [0.4, 0.5) is 17.3 Å². The van der Waals surface area contributed by atoms with E-state index in [-0.39, 0.29) is 0 Å². The molecule has 0 atom stereocenters. The maximum absolute atomic E-state index is 10.8. The molecule has 1 aliphatic heterocycles. The molecule has 0 unspecified atom stereocenters. The number of benzene rings is 1. The maximum atomic E-state index is 10.8. The molecule has 2 aromatic rings. The highest BCUT2D eigenvalue weighted by Crippen LogP contribution is 2.24. The summed E-state index contributed by atoms with van der Waals surface area (Å²) in [5.41, 5.74) is 2.16. The Morgan fingerprint density at radius 1 is 1.17 bits per heavy atom. The van der Waals surface area contributed by atoms with Crippen LogP contribution >= 0.6 is 15.9 Å². The lowest BCUT2D eigenvalue weighted by molar-refractivity contribution is -0.118. The monoisotopic (exact) mass is 375 g/mol. The lowest BCUT2D eigenvalue weighted by Gasteiger charge is -2.33. The summed E-state index contributed by atoms with van der Waals surface area (Å²) in [6, 6.07) is 8.02. The van der Waals surface area contributed by atoms with Crippen LogP contribution < -0.4 is 10.2 Å². The van der Waals surface area contributed by atoms with Gasteiger partial charge in [0, 0.05) is 42.4 Å². The standard InChI is InChI=1S/C16H18BrN5O/c1-12-8-13(17)2-3-14(12)20-15-9-16(19-10-18-15)22-6-4-21(11-23)5-7-22/h2-3,8-11H,4-7H2,1H3,(H,18,19,20). The Morgan fingerprint density at radius 2 is 1.96 bits per heavy atom. The Labute approximate surface area is 143 Å². The smallest absolute Gasteiger partial charge is 0.209 e. The fourth-order valence-corrected chi connectivity index (χ4v) is 3.03. The number of nitrogens with one attached hydrogen (secondary N) is 1. The van der Waals surface area contributed by atoms with Gasteiger partial charge in [-0.2, -0.15) is 0 Å². The number of hydrogen-bond acceptors (Lipinski definition) is 5. The molecule has 3 rings (SSSR count). The summed E-state index contributed by atoms with van der Waals surface area (Å²) < 4.78 is 1.05. The third kappa shape index (κ3) is 3.79. The van der Waals surface area contributed by atoms with E-state index in [1.54, 1.807) is 11.2 Å². The first-order valence-corrected chi connectivity index (χ1v) is 8.24. The highest BCUT2D eigenvalue weighted by atomic mass is 79.9. The average Bonchev–Trinajstić information content (AvgIpc) is 2.58. The predicted molar refractivity (Wildman–Crippen MR) is 94.0 cm³/mol. The molecule has 1 fully saturated rings. The number of anilines is 3. The van der Waals surface area contributed by atoms with Crippen LogP contribution in [-0.2, 0) is 4.79 Å². The number of rotatable bonds is 4. The Bertz CT molecular complexity index is 701. The second-order valence-electron chi connectivity index (χ2n) is 5.47. The van der Waals surface area contributed by atoms with Gasteiger partial charge >= 0.3 is 0 Å². The fourth-order valence-electron chi connectivity index (χ4n) is 2.55. The summed E-state index contributed by atoms with van der Waals surface area (Å²) in [7, 11) is 0. The summed E-state index contributed by atoms with van der Waals surface area (Å²) in [6.45, 7) is 5.07. The second kappa shape index (κ2) is 6.95. The molecule has 23 heavy (non-hydrogen) atoms. The van der Waals surface area contributed by atoms with Gasteiger partial charge in [-0.15, -0.1) is 0 Å². The van der Waals surface area contributed by atoms with Crippen molar-refractivity contribution in [3.8, 4) is 0 Å². The van der Waals surface area contributed by atoms with E-state index in [1.165, 1.54) is 0 Å². The zero-order valence-electron chi connectivity index (χ0n) is 12.9. The van der Waals surface area contributed by atoms with Gasteiger partial charge in [0.05, 0.1) is 0 Å². The van der Waals surface area contributed by atoms with Crippen molar-refractivity contribution in [2.75, 3.05) is 36.4 Å². The summed E-state index contributed by atoms with van der Waals surface area (Å²) in [5, 5.41) is 3.33. The molecule has 1 saturated heterocycles. The van der Waals surface area contributed by atoms with Crippen LogP contribution in [0.2, 0.25) is 0 Å². The topological polar surface area (TPSA) is 61.4 Å². The predicted octanol–water partition coefficient (Wildman–Crippen LogP) is 2.57. The summed E-state index contributed by atoms with van der Waals surface area (Å²) in [6.07, 6.45) is 2.47. The molecule has 1 aromatic carbocycles. The Balaban J connectivity index is 1.74. The summed E-state index contributed by atoms with van der Waals surface area (Å²) in [5.74, 6) is 1.64. The minimum Gasteiger partial charge on any atom is -0.353 e. The molecular formula is C16H18BrN5O. The molecule has 1 aromatic heterocycles. The molecule has 120 valence electrons. The number of halogens is 1. The van der Waals surface area contributed by atoms with Crippen molar-refractivity contribution in [1.29, 1.82) is 0 Å². The van der Waals surface area contributed by atoms with Crippen molar-refractivity contribution in [3.05, 3.63) is 40.6 Å². The lowest BCUT2D eigenvalue weighted by atomic mass is 10.2. The van der Waals surface area contributed by atoms with Gasteiger partial charge in [-0.05, 0) is 30.7 Å². The van der Waals surface area contributed by atoms with Gasteiger partial charge in [0.2, 0.25) is 6.41 Å². The molecule has 0 radical (unpaired) electrons. The third-order valence-electron chi connectivity index (χ3n) is 3.89. The minimum absolute atomic E-state index is 0.724. The van der Waals surface area contributed by atoms with Crippen molar-refractivity contribution in [2.24, 2.45) is 0 Å². The van der Waals surface area contributed by atoms with E-state index in [0.717, 1.165) is 59.9 Å². The van der Waals surface area contributed by atoms with E-state index in [9.17, 15) is 4.79 Å². The van der Waals surface area contributed by atoms with Crippen molar-refractivity contribution in [1.82, 2.24) is 14.9 Å². The van der Waals surface area contributed by atoms with Crippen molar-refractivity contribution >= 4 is 39.7 Å². The highest BCUT2D eigenvalue weighted by molar-refractivity contribution is 9.10. The van der Waals surface area contributed by atoms with Crippen LogP contribution in [0.5, 0.6) is 0 Å². The van der Waals surface area contributed by atoms with Crippen LogP contribution in [0, 0.1) is 6.92 Å². The molecule has 0 aliphatic carbocycles. The van der Waals surface area contributed by atoms with E-state index in [0.29, 0.717) is 0 Å². The minimum atomic E-state index is 0.724. The van der Waals surface area contributed by atoms with E-state index in [2.05, 4.69) is 42.2 Å². The SMILES string of the molecule is Cc1cc(Br)ccc1Nc1cc(N2CCN(C=O)CC2)ncn1. The number of carbonyl (C=O) groups excluding carboxylic acids is 1. The summed E-state index contributed by atoms with van der Waals surface area (Å²) >= 11 is 3.47. The largest absolute Gasteiger partial charge is 0.353 e. The summed E-state index contributed by atoms with van der Waals surface area (Å²) in [4.78, 5) is 23.4. The van der Waals surface area contributed by atoms with Crippen LogP contribution in [-0.4, -0.2) is 47.5 Å². The van der Waals surface area contributed by atoms with Crippen molar-refractivity contribution < 1.29 is 4.79 Å². The fraction of sp³-hybridized carbons (Fsp3) is 0.312. The molecule has 1 aliphatic rings. The first kappa shape index (κ1) is 15.7. The molecule has 2 heterocycles. The van der Waals surface area contributed by atoms with E-state index < -0.39 is 0 Å². The van der Waals surface area contributed by atoms with Gasteiger partial charge in [0.25, 0.3) is 0 Å². The van der Waals surface area contributed by atoms with Crippen LogP contribution in [0.25, 0.3) is 0 Å². The van der Waals surface area contributed by atoms with E-state index >= 15 is 0 Å². The van der Waals surface area contributed by atoms with Gasteiger partial charge in [-0.1, -0.05) is 15.9 Å². The third-order valence-corrected chi connectivity index (χ3v) is 4.38. The number of hydrogen-bond donors (Lipinski definition) is 1. The number of amides is 1. The molecule has 1 N–H and O–H groups in total. The Morgan fingerprint density at radius 3 is 2.65 bits per heavy atom.